The number of benzene rings is 2. The number of carbonyl (C=O) groups excluding carboxylic acids is 1. The standard InChI is InChI=1S/C21H21NO4/c1-24-16-7-8-17-18(11-16)26-20(19(17)15-5-3-2-4-6-15)21(23)22-12-14-9-10-25-13-14/h2-8,11,14H,9-10,12-13H2,1H3,(H,22,23). The third-order valence-corrected chi connectivity index (χ3v) is 4.74. The van der Waals surface area contributed by atoms with Crippen LogP contribution in [0.5, 0.6) is 5.75 Å². The number of nitrogens with one attached hydrogen (secondary N) is 1. The van der Waals surface area contributed by atoms with Crippen molar-refractivity contribution in [2.24, 2.45) is 5.92 Å². The molecule has 0 radical (unpaired) electrons. The number of hydrogen-bond acceptors (Lipinski definition) is 4. The van der Waals surface area contributed by atoms with E-state index < -0.39 is 0 Å². The van der Waals surface area contributed by atoms with E-state index in [-0.39, 0.29) is 5.91 Å². The van der Waals surface area contributed by atoms with Gasteiger partial charge < -0.3 is 19.2 Å². The fraction of sp³-hybridized carbons (Fsp3) is 0.286. The minimum absolute atomic E-state index is 0.203. The van der Waals surface area contributed by atoms with Crippen LogP contribution in [0.4, 0.5) is 0 Å². The van der Waals surface area contributed by atoms with Gasteiger partial charge in [0.1, 0.15) is 11.3 Å². The van der Waals surface area contributed by atoms with Gasteiger partial charge in [0.2, 0.25) is 5.76 Å². The van der Waals surface area contributed by atoms with Crippen LogP contribution >= 0.6 is 0 Å². The number of methoxy groups -OCH3 is 1. The van der Waals surface area contributed by atoms with Gasteiger partial charge in [0.15, 0.2) is 0 Å². The molecule has 0 bridgehead atoms. The average molecular weight is 351 g/mol. The van der Waals surface area contributed by atoms with E-state index in [4.69, 9.17) is 13.9 Å². The zero-order chi connectivity index (χ0) is 17.9. The molecule has 0 saturated carbocycles. The number of furan rings is 1. The normalized spacial score (nSPS) is 16.7. The lowest BCUT2D eigenvalue weighted by molar-refractivity contribution is 0.0920. The first-order valence-corrected chi connectivity index (χ1v) is 8.78. The summed E-state index contributed by atoms with van der Waals surface area (Å²) >= 11 is 0. The summed E-state index contributed by atoms with van der Waals surface area (Å²) in [6, 6.07) is 15.4. The van der Waals surface area contributed by atoms with Crippen LogP contribution in [0.15, 0.2) is 52.9 Å². The Labute approximate surface area is 151 Å². The molecular weight excluding hydrogens is 330 g/mol. The van der Waals surface area contributed by atoms with Crippen molar-refractivity contribution in [3.63, 3.8) is 0 Å². The Kier molecular flexibility index (Phi) is 4.63. The van der Waals surface area contributed by atoms with Crippen molar-refractivity contribution >= 4 is 16.9 Å². The summed E-state index contributed by atoms with van der Waals surface area (Å²) in [6.45, 7) is 2.05. The minimum atomic E-state index is -0.203. The molecule has 0 aliphatic carbocycles. The molecule has 134 valence electrons. The van der Waals surface area contributed by atoms with E-state index >= 15 is 0 Å². The Morgan fingerprint density at radius 3 is 2.81 bits per heavy atom. The van der Waals surface area contributed by atoms with Crippen LogP contribution in [0.3, 0.4) is 0 Å². The van der Waals surface area contributed by atoms with Gasteiger partial charge in [-0.15, -0.1) is 0 Å². The maximum Gasteiger partial charge on any atom is 0.287 e. The molecule has 1 aliphatic rings. The number of hydrogen-bond donors (Lipinski definition) is 1. The summed E-state index contributed by atoms with van der Waals surface area (Å²) in [5, 5.41) is 3.89. The van der Waals surface area contributed by atoms with Crippen molar-refractivity contribution in [2.75, 3.05) is 26.9 Å². The van der Waals surface area contributed by atoms with Gasteiger partial charge in [0.05, 0.1) is 13.7 Å². The van der Waals surface area contributed by atoms with Gasteiger partial charge in [-0.3, -0.25) is 4.79 Å². The van der Waals surface area contributed by atoms with Crippen molar-refractivity contribution in [2.45, 2.75) is 6.42 Å². The van der Waals surface area contributed by atoms with Crippen molar-refractivity contribution < 1.29 is 18.7 Å². The molecule has 1 saturated heterocycles. The smallest absolute Gasteiger partial charge is 0.287 e. The van der Waals surface area contributed by atoms with Crippen LogP contribution in [0.1, 0.15) is 17.0 Å². The third kappa shape index (κ3) is 3.18. The highest BCUT2D eigenvalue weighted by Gasteiger charge is 2.23. The van der Waals surface area contributed by atoms with Gasteiger partial charge >= 0.3 is 0 Å². The second-order valence-electron chi connectivity index (χ2n) is 6.47. The average Bonchev–Trinajstić information content (AvgIpc) is 3.33. The monoisotopic (exact) mass is 351 g/mol. The number of rotatable bonds is 5. The van der Waals surface area contributed by atoms with E-state index in [1.54, 1.807) is 7.11 Å². The molecule has 1 aliphatic heterocycles. The Balaban J connectivity index is 1.73. The number of fused-ring (bicyclic) bond motifs is 1. The molecule has 1 fully saturated rings. The lowest BCUT2D eigenvalue weighted by Gasteiger charge is -2.09. The molecule has 0 spiro atoms. The predicted molar refractivity (Wildman–Crippen MR) is 99.5 cm³/mol. The van der Waals surface area contributed by atoms with Crippen molar-refractivity contribution in [1.29, 1.82) is 0 Å². The van der Waals surface area contributed by atoms with E-state index in [0.717, 1.165) is 29.5 Å². The lowest BCUT2D eigenvalue weighted by Crippen LogP contribution is -2.29. The van der Waals surface area contributed by atoms with Gasteiger partial charge in [-0.2, -0.15) is 0 Å². The van der Waals surface area contributed by atoms with Crippen LogP contribution in [-0.2, 0) is 4.74 Å². The molecule has 1 atom stereocenters. The summed E-state index contributed by atoms with van der Waals surface area (Å²) in [5.41, 5.74) is 2.40. The summed E-state index contributed by atoms with van der Waals surface area (Å²) < 4.78 is 16.6. The van der Waals surface area contributed by atoms with Crippen LogP contribution in [0.25, 0.3) is 22.1 Å². The molecule has 1 amide bonds. The first-order valence-electron chi connectivity index (χ1n) is 8.78. The topological polar surface area (TPSA) is 60.7 Å². The fourth-order valence-electron chi connectivity index (χ4n) is 3.32. The van der Waals surface area contributed by atoms with Crippen LogP contribution in [-0.4, -0.2) is 32.8 Å². The van der Waals surface area contributed by atoms with Crippen LogP contribution < -0.4 is 10.1 Å². The van der Waals surface area contributed by atoms with Crippen molar-refractivity contribution in [3.8, 4) is 16.9 Å². The van der Waals surface area contributed by atoms with Crippen molar-refractivity contribution in [3.05, 3.63) is 54.3 Å². The van der Waals surface area contributed by atoms with E-state index in [1.807, 2.05) is 48.5 Å². The molecule has 5 heteroatoms. The van der Waals surface area contributed by atoms with Gasteiger partial charge in [0, 0.05) is 36.1 Å². The second-order valence-corrected chi connectivity index (χ2v) is 6.47. The Morgan fingerprint density at radius 2 is 2.08 bits per heavy atom. The largest absolute Gasteiger partial charge is 0.497 e. The van der Waals surface area contributed by atoms with Crippen LogP contribution in [0.2, 0.25) is 0 Å². The molecule has 1 unspecified atom stereocenters. The third-order valence-electron chi connectivity index (χ3n) is 4.74. The minimum Gasteiger partial charge on any atom is -0.497 e. The molecule has 26 heavy (non-hydrogen) atoms. The quantitative estimate of drug-likeness (QED) is 0.758. The lowest BCUT2D eigenvalue weighted by atomic mass is 10.0. The van der Waals surface area contributed by atoms with E-state index in [9.17, 15) is 4.79 Å². The molecule has 4 rings (SSSR count). The van der Waals surface area contributed by atoms with E-state index in [1.165, 1.54) is 0 Å². The van der Waals surface area contributed by atoms with Crippen LogP contribution in [0, 0.1) is 5.92 Å². The molecule has 1 N–H and O–H groups in total. The van der Waals surface area contributed by atoms with E-state index in [0.29, 0.717) is 36.2 Å². The SMILES string of the molecule is COc1ccc2c(-c3ccccc3)c(C(=O)NCC3CCOC3)oc2c1. The number of carbonyl (C=O) groups is 1. The molecular formula is C21H21NO4. The summed E-state index contributed by atoms with van der Waals surface area (Å²) in [7, 11) is 1.61. The molecule has 1 aromatic heterocycles. The maximum absolute atomic E-state index is 12.8. The summed E-state index contributed by atoms with van der Waals surface area (Å²) in [4.78, 5) is 12.8. The zero-order valence-electron chi connectivity index (χ0n) is 14.7. The summed E-state index contributed by atoms with van der Waals surface area (Å²) in [5.74, 6) is 1.19. The highest BCUT2D eigenvalue weighted by atomic mass is 16.5. The molecule has 3 aromatic rings. The van der Waals surface area contributed by atoms with Gasteiger partial charge in [0.25, 0.3) is 5.91 Å². The fourth-order valence-corrected chi connectivity index (χ4v) is 3.32. The van der Waals surface area contributed by atoms with Gasteiger partial charge in [-0.25, -0.2) is 0 Å². The highest BCUT2D eigenvalue weighted by molar-refractivity contribution is 6.08. The molecule has 2 aromatic carbocycles. The Morgan fingerprint density at radius 1 is 1.23 bits per heavy atom. The van der Waals surface area contributed by atoms with E-state index in [2.05, 4.69) is 5.32 Å². The van der Waals surface area contributed by atoms with Crippen molar-refractivity contribution in [1.82, 2.24) is 5.32 Å². The molecule has 2 heterocycles. The van der Waals surface area contributed by atoms with Gasteiger partial charge in [-0.1, -0.05) is 30.3 Å². The molecule has 5 nitrogen and oxygen atoms in total. The van der Waals surface area contributed by atoms with Gasteiger partial charge in [-0.05, 0) is 24.1 Å². The number of amides is 1. The first kappa shape index (κ1) is 16.7. The Hall–Kier alpha value is -2.79. The highest BCUT2D eigenvalue weighted by Crippen LogP contribution is 2.36. The second kappa shape index (κ2) is 7.22. The number of ether oxygens (including phenoxy) is 2. The predicted octanol–water partition coefficient (Wildman–Crippen LogP) is 3.87. The summed E-state index contributed by atoms with van der Waals surface area (Å²) in [6.07, 6.45) is 0.975. The zero-order valence-corrected chi connectivity index (χ0v) is 14.7. The first-order chi connectivity index (χ1) is 12.8. The Bertz CT molecular complexity index is 910. The maximum atomic E-state index is 12.8.